The first-order chi connectivity index (χ1) is 8.49. The molecule has 0 radical (unpaired) electrons. The van der Waals surface area contributed by atoms with E-state index < -0.39 is 5.54 Å². The molecule has 0 bridgehead atoms. The van der Waals surface area contributed by atoms with Crippen molar-refractivity contribution in [1.29, 1.82) is 0 Å². The van der Waals surface area contributed by atoms with Crippen molar-refractivity contribution in [3.8, 4) is 0 Å². The molecule has 1 aromatic rings. The minimum atomic E-state index is -0.704. The van der Waals surface area contributed by atoms with Crippen LogP contribution in [0.3, 0.4) is 0 Å². The number of rotatable bonds is 2. The van der Waals surface area contributed by atoms with E-state index in [2.05, 4.69) is 20.5 Å². The summed E-state index contributed by atoms with van der Waals surface area (Å²) in [4.78, 5) is 15.5. The van der Waals surface area contributed by atoms with Crippen molar-refractivity contribution >= 4 is 17.3 Å². The molecule has 0 saturated carbocycles. The Kier molecular flexibility index (Phi) is 2.91. The van der Waals surface area contributed by atoms with E-state index in [1.165, 1.54) is 4.68 Å². The fourth-order valence-electron chi connectivity index (χ4n) is 1.75. The molecule has 1 aromatic heterocycles. The Balaban J connectivity index is 2.37. The number of aryl methyl sites for hydroxylation is 1. The van der Waals surface area contributed by atoms with Gasteiger partial charge in [0.15, 0.2) is 0 Å². The Bertz CT molecular complexity index is 562. The lowest BCUT2D eigenvalue weighted by atomic mass is 10.0. The average molecular weight is 245 g/mol. The minimum Gasteiger partial charge on any atom is -0.294 e. The third-order valence-electron chi connectivity index (χ3n) is 2.81. The second kappa shape index (κ2) is 4.26. The SMILES string of the molecule is [C-]#[N+]c1cn(C2=NNC(C)(C)C2=O)nc1CCC. The number of nitrogens with zero attached hydrogens (tertiary/aromatic N) is 4. The number of hydrogen-bond donors (Lipinski definition) is 1. The lowest BCUT2D eigenvalue weighted by Crippen LogP contribution is -2.41. The molecule has 2 rings (SSSR count). The van der Waals surface area contributed by atoms with Crippen LogP contribution in [0, 0.1) is 6.57 Å². The number of hydrazone groups is 1. The Labute approximate surface area is 105 Å². The lowest BCUT2D eigenvalue weighted by Gasteiger charge is -2.13. The number of hydrogen-bond acceptors (Lipinski definition) is 4. The highest BCUT2D eigenvalue weighted by atomic mass is 16.1. The van der Waals surface area contributed by atoms with Crippen molar-refractivity contribution < 1.29 is 4.79 Å². The molecule has 0 fully saturated rings. The first-order valence-electron chi connectivity index (χ1n) is 5.85. The van der Waals surface area contributed by atoms with Crippen LogP contribution in [0.1, 0.15) is 32.9 Å². The maximum atomic E-state index is 12.1. The molecule has 6 nitrogen and oxygen atoms in total. The topological polar surface area (TPSA) is 63.6 Å². The summed E-state index contributed by atoms with van der Waals surface area (Å²) in [5.74, 6) is 0.122. The van der Waals surface area contributed by atoms with Gasteiger partial charge in [0.1, 0.15) is 5.54 Å². The van der Waals surface area contributed by atoms with Crippen LogP contribution >= 0.6 is 0 Å². The predicted octanol–water partition coefficient (Wildman–Crippen LogP) is 1.50. The maximum Gasteiger partial charge on any atom is 0.228 e. The molecule has 0 aliphatic carbocycles. The quantitative estimate of drug-likeness (QED) is 0.803. The third kappa shape index (κ3) is 1.88. The number of Topliss-reactive ketones (excluding diaryl/α,β-unsaturated/α-hetero) is 1. The van der Waals surface area contributed by atoms with Crippen molar-refractivity contribution in [3.05, 3.63) is 23.3 Å². The predicted molar refractivity (Wildman–Crippen MR) is 67.5 cm³/mol. The summed E-state index contributed by atoms with van der Waals surface area (Å²) < 4.78 is 1.41. The molecule has 0 unspecified atom stereocenters. The van der Waals surface area contributed by atoms with Gasteiger partial charge >= 0.3 is 0 Å². The van der Waals surface area contributed by atoms with Crippen molar-refractivity contribution in [2.45, 2.75) is 39.2 Å². The monoisotopic (exact) mass is 245 g/mol. The highest BCUT2D eigenvalue weighted by Gasteiger charge is 2.38. The summed E-state index contributed by atoms with van der Waals surface area (Å²) in [5, 5.41) is 8.28. The van der Waals surface area contributed by atoms with Gasteiger partial charge in [-0.3, -0.25) is 10.2 Å². The number of carbonyl (C=O) groups excluding carboxylic acids is 1. The minimum absolute atomic E-state index is 0.121. The number of ketones is 1. The Morgan fingerprint density at radius 3 is 2.78 bits per heavy atom. The van der Waals surface area contributed by atoms with Crippen LogP contribution < -0.4 is 5.43 Å². The number of carbonyl (C=O) groups is 1. The second-order valence-electron chi connectivity index (χ2n) is 4.77. The van der Waals surface area contributed by atoms with Crippen LogP contribution in [-0.4, -0.2) is 26.9 Å². The van der Waals surface area contributed by atoms with E-state index in [0.717, 1.165) is 12.8 Å². The van der Waals surface area contributed by atoms with E-state index in [1.54, 1.807) is 20.0 Å². The van der Waals surface area contributed by atoms with Gasteiger partial charge in [-0.2, -0.15) is 10.2 Å². The second-order valence-corrected chi connectivity index (χ2v) is 4.77. The zero-order chi connectivity index (χ0) is 13.3. The van der Waals surface area contributed by atoms with Crippen molar-refractivity contribution in [1.82, 2.24) is 15.2 Å². The maximum absolute atomic E-state index is 12.1. The molecule has 0 saturated heterocycles. The van der Waals surface area contributed by atoms with E-state index in [0.29, 0.717) is 11.4 Å². The Morgan fingerprint density at radius 2 is 2.28 bits per heavy atom. The summed E-state index contributed by atoms with van der Waals surface area (Å²) in [6.45, 7) is 12.7. The smallest absolute Gasteiger partial charge is 0.228 e. The Hall–Kier alpha value is -2.16. The average Bonchev–Trinajstić information content (AvgIpc) is 2.83. The molecule has 0 spiro atoms. The molecule has 6 heteroatoms. The molecule has 94 valence electrons. The summed E-state index contributed by atoms with van der Waals surface area (Å²) >= 11 is 0. The van der Waals surface area contributed by atoms with Crippen molar-refractivity contribution in [2.75, 3.05) is 0 Å². The zero-order valence-corrected chi connectivity index (χ0v) is 10.7. The van der Waals surface area contributed by atoms with E-state index in [-0.39, 0.29) is 11.6 Å². The first kappa shape index (κ1) is 12.3. The van der Waals surface area contributed by atoms with Gasteiger partial charge in [-0.15, -0.1) is 0 Å². The molecule has 1 N–H and O–H groups in total. The summed E-state index contributed by atoms with van der Waals surface area (Å²) in [7, 11) is 0. The molecule has 0 amide bonds. The van der Waals surface area contributed by atoms with Crippen LogP contribution in [0.2, 0.25) is 0 Å². The van der Waals surface area contributed by atoms with Crippen LogP contribution in [0.4, 0.5) is 5.69 Å². The van der Waals surface area contributed by atoms with Gasteiger partial charge in [0.05, 0.1) is 12.3 Å². The standard InChI is InChI=1S/C12H15N5O/c1-5-6-8-9(13-4)7-17(15-8)11-10(18)12(2,3)16-14-11/h7,16H,5-6H2,1-3H3. The lowest BCUT2D eigenvalue weighted by molar-refractivity contribution is -0.116. The highest BCUT2D eigenvalue weighted by Crippen LogP contribution is 2.21. The number of nitrogens with one attached hydrogen (secondary N) is 1. The van der Waals surface area contributed by atoms with Crippen LogP contribution in [0.5, 0.6) is 0 Å². The van der Waals surface area contributed by atoms with E-state index in [9.17, 15) is 4.79 Å². The molecule has 18 heavy (non-hydrogen) atoms. The molecule has 1 aliphatic heterocycles. The van der Waals surface area contributed by atoms with Crippen LogP contribution in [-0.2, 0) is 11.2 Å². The van der Waals surface area contributed by atoms with Gasteiger partial charge in [-0.1, -0.05) is 13.3 Å². The molecular weight excluding hydrogens is 230 g/mol. The van der Waals surface area contributed by atoms with Gasteiger partial charge in [0.25, 0.3) is 0 Å². The van der Waals surface area contributed by atoms with Gasteiger partial charge in [0, 0.05) is 6.20 Å². The fraction of sp³-hybridized carbons (Fsp3) is 0.500. The fourth-order valence-corrected chi connectivity index (χ4v) is 1.75. The van der Waals surface area contributed by atoms with Gasteiger partial charge in [0.2, 0.25) is 17.3 Å². The molecule has 0 aromatic carbocycles. The molecule has 2 heterocycles. The van der Waals surface area contributed by atoms with Crippen molar-refractivity contribution in [3.63, 3.8) is 0 Å². The zero-order valence-electron chi connectivity index (χ0n) is 10.7. The summed E-state index contributed by atoms with van der Waals surface area (Å²) in [5.41, 5.74) is 3.27. The summed E-state index contributed by atoms with van der Waals surface area (Å²) in [6, 6.07) is 0. The van der Waals surface area contributed by atoms with Gasteiger partial charge in [-0.25, -0.2) is 9.53 Å². The third-order valence-corrected chi connectivity index (χ3v) is 2.81. The Morgan fingerprint density at radius 1 is 1.56 bits per heavy atom. The molecular formula is C12H15N5O. The van der Waals surface area contributed by atoms with Gasteiger partial charge < -0.3 is 0 Å². The van der Waals surface area contributed by atoms with Crippen LogP contribution in [0.15, 0.2) is 11.3 Å². The van der Waals surface area contributed by atoms with Crippen molar-refractivity contribution in [2.24, 2.45) is 5.10 Å². The normalized spacial score (nSPS) is 17.2. The van der Waals surface area contributed by atoms with Crippen LogP contribution in [0.25, 0.3) is 4.85 Å². The van der Waals surface area contributed by atoms with E-state index in [1.807, 2.05) is 6.92 Å². The highest BCUT2D eigenvalue weighted by molar-refractivity contribution is 6.43. The largest absolute Gasteiger partial charge is 0.294 e. The van der Waals surface area contributed by atoms with E-state index in [4.69, 9.17) is 6.57 Å². The number of aromatic nitrogens is 2. The molecule has 0 atom stereocenters. The first-order valence-corrected chi connectivity index (χ1v) is 5.85. The summed E-state index contributed by atoms with van der Waals surface area (Å²) in [6.07, 6.45) is 3.20. The molecule has 1 aliphatic rings. The van der Waals surface area contributed by atoms with Gasteiger partial charge in [-0.05, 0) is 20.3 Å². The van der Waals surface area contributed by atoms with E-state index >= 15 is 0 Å².